The van der Waals surface area contributed by atoms with E-state index in [9.17, 15) is 4.79 Å². The summed E-state index contributed by atoms with van der Waals surface area (Å²) in [7, 11) is 0. The van der Waals surface area contributed by atoms with Crippen LogP contribution in [0.3, 0.4) is 0 Å². The van der Waals surface area contributed by atoms with Gasteiger partial charge >= 0.3 is 0 Å². The molecule has 1 amide bonds. The van der Waals surface area contributed by atoms with Crippen molar-refractivity contribution in [3.05, 3.63) is 66.0 Å². The Balaban J connectivity index is 1.63. The molecule has 3 rings (SSSR count). The van der Waals surface area contributed by atoms with Crippen LogP contribution >= 0.6 is 0 Å². The third-order valence-electron chi connectivity index (χ3n) is 3.32. The van der Waals surface area contributed by atoms with Gasteiger partial charge in [0.25, 0.3) is 5.91 Å². The van der Waals surface area contributed by atoms with Crippen molar-refractivity contribution in [1.29, 1.82) is 0 Å². The van der Waals surface area contributed by atoms with Crippen LogP contribution in [0.1, 0.15) is 29.9 Å². The molecule has 0 fully saturated rings. The first-order chi connectivity index (χ1) is 12.1. The van der Waals surface area contributed by atoms with Gasteiger partial charge < -0.3 is 4.74 Å². The van der Waals surface area contributed by atoms with E-state index in [1.54, 1.807) is 30.5 Å². The number of fused-ring (bicyclic) bond motifs is 1. The van der Waals surface area contributed by atoms with Gasteiger partial charge in [0.2, 0.25) is 0 Å². The molecule has 1 N–H and O–H groups in total. The zero-order valence-corrected chi connectivity index (χ0v) is 14.0. The van der Waals surface area contributed by atoms with Crippen molar-refractivity contribution in [1.82, 2.24) is 15.4 Å². The second-order valence-electron chi connectivity index (χ2n) is 5.67. The third kappa shape index (κ3) is 4.38. The van der Waals surface area contributed by atoms with Crippen molar-refractivity contribution in [2.45, 2.75) is 20.0 Å². The van der Waals surface area contributed by atoms with Gasteiger partial charge in [-0.05, 0) is 50.2 Å². The number of aromatic nitrogens is 2. The second kappa shape index (κ2) is 7.53. The van der Waals surface area contributed by atoms with E-state index in [0.29, 0.717) is 11.3 Å². The van der Waals surface area contributed by atoms with Gasteiger partial charge in [0.05, 0.1) is 29.5 Å². The molecule has 0 spiro atoms. The Bertz CT molecular complexity index is 905. The minimum Gasteiger partial charge on any atom is -0.491 e. The lowest BCUT2D eigenvalue weighted by atomic mass is 10.2. The average molecular weight is 334 g/mol. The van der Waals surface area contributed by atoms with E-state index in [0.717, 1.165) is 16.8 Å². The highest BCUT2D eigenvalue weighted by Crippen LogP contribution is 2.13. The topological polar surface area (TPSA) is 76.5 Å². The highest BCUT2D eigenvalue weighted by molar-refractivity contribution is 5.95. The van der Waals surface area contributed by atoms with Gasteiger partial charge in [-0.25, -0.2) is 10.4 Å². The van der Waals surface area contributed by atoms with Gasteiger partial charge in [0.1, 0.15) is 11.4 Å². The summed E-state index contributed by atoms with van der Waals surface area (Å²) in [6, 6.07) is 14.5. The van der Waals surface area contributed by atoms with Crippen molar-refractivity contribution < 1.29 is 9.53 Å². The molecule has 0 aliphatic rings. The number of hydrogen-bond acceptors (Lipinski definition) is 5. The van der Waals surface area contributed by atoms with Gasteiger partial charge in [-0.2, -0.15) is 5.10 Å². The summed E-state index contributed by atoms with van der Waals surface area (Å²) in [6.07, 6.45) is 3.16. The summed E-state index contributed by atoms with van der Waals surface area (Å²) in [5.41, 5.74) is 5.13. The van der Waals surface area contributed by atoms with E-state index in [4.69, 9.17) is 4.74 Å². The molecule has 0 atom stereocenters. The Labute approximate surface area is 145 Å². The van der Waals surface area contributed by atoms with Crippen LogP contribution in [0.15, 0.2) is 59.8 Å². The molecular weight excluding hydrogens is 316 g/mol. The standard InChI is InChI=1S/C19H18N4O2/c1-13(2)25-16-9-7-14(8-10-16)19(24)23-21-12-15-11-20-17-5-3-4-6-18(17)22-15/h3-13H,1-2H3,(H,23,24)/b21-12-. The molecule has 0 aliphatic heterocycles. The number of ether oxygens (including phenoxy) is 1. The van der Waals surface area contributed by atoms with Crippen molar-refractivity contribution in [2.24, 2.45) is 5.10 Å². The minimum atomic E-state index is -0.305. The second-order valence-corrected chi connectivity index (χ2v) is 5.67. The molecule has 0 radical (unpaired) electrons. The third-order valence-corrected chi connectivity index (χ3v) is 3.32. The van der Waals surface area contributed by atoms with Crippen LogP contribution in [-0.4, -0.2) is 28.2 Å². The highest BCUT2D eigenvalue weighted by atomic mass is 16.5. The number of benzene rings is 2. The fourth-order valence-corrected chi connectivity index (χ4v) is 2.21. The Kier molecular flexibility index (Phi) is 4.99. The molecule has 0 bridgehead atoms. The summed E-state index contributed by atoms with van der Waals surface area (Å²) in [6.45, 7) is 3.90. The highest BCUT2D eigenvalue weighted by Gasteiger charge is 2.05. The molecule has 6 nitrogen and oxygen atoms in total. The Morgan fingerprint density at radius 3 is 2.56 bits per heavy atom. The van der Waals surface area contributed by atoms with Crippen LogP contribution in [0.2, 0.25) is 0 Å². The Morgan fingerprint density at radius 2 is 1.84 bits per heavy atom. The predicted octanol–water partition coefficient (Wildman–Crippen LogP) is 3.18. The van der Waals surface area contributed by atoms with Crippen LogP contribution in [0, 0.1) is 0 Å². The van der Waals surface area contributed by atoms with E-state index in [2.05, 4.69) is 20.5 Å². The molecule has 2 aromatic carbocycles. The number of nitrogens with one attached hydrogen (secondary N) is 1. The number of carbonyl (C=O) groups excluding carboxylic acids is 1. The zero-order valence-electron chi connectivity index (χ0n) is 14.0. The summed E-state index contributed by atoms with van der Waals surface area (Å²) >= 11 is 0. The lowest BCUT2D eigenvalue weighted by molar-refractivity contribution is 0.0955. The first-order valence-corrected chi connectivity index (χ1v) is 7.94. The smallest absolute Gasteiger partial charge is 0.271 e. The average Bonchev–Trinajstić information content (AvgIpc) is 2.61. The molecule has 6 heteroatoms. The minimum absolute atomic E-state index is 0.0901. The van der Waals surface area contributed by atoms with Gasteiger partial charge in [0, 0.05) is 5.56 Å². The van der Waals surface area contributed by atoms with Gasteiger partial charge in [-0.3, -0.25) is 9.78 Å². The van der Waals surface area contributed by atoms with Crippen LogP contribution in [-0.2, 0) is 0 Å². The molecular formula is C19H18N4O2. The number of amides is 1. The Hall–Kier alpha value is -3.28. The van der Waals surface area contributed by atoms with Crippen molar-refractivity contribution in [3.8, 4) is 5.75 Å². The number of hydrogen-bond donors (Lipinski definition) is 1. The van der Waals surface area contributed by atoms with Crippen LogP contribution in [0.5, 0.6) is 5.75 Å². The maximum Gasteiger partial charge on any atom is 0.271 e. The summed E-state index contributed by atoms with van der Waals surface area (Å²) < 4.78 is 5.55. The summed E-state index contributed by atoms with van der Waals surface area (Å²) in [5, 5.41) is 3.94. The van der Waals surface area contributed by atoms with Gasteiger partial charge in [-0.1, -0.05) is 12.1 Å². The molecule has 25 heavy (non-hydrogen) atoms. The SMILES string of the molecule is CC(C)Oc1ccc(C(=O)N/N=C\c2cnc3ccccc3n2)cc1. The van der Waals surface area contributed by atoms with Crippen LogP contribution in [0.4, 0.5) is 0 Å². The molecule has 0 aliphatic carbocycles. The Morgan fingerprint density at radius 1 is 1.12 bits per heavy atom. The van der Waals surface area contributed by atoms with Gasteiger partial charge in [0.15, 0.2) is 0 Å². The molecule has 0 saturated carbocycles. The molecule has 3 aromatic rings. The lowest BCUT2D eigenvalue weighted by Crippen LogP contribution is -2.17. The molecule has 0 unspecified atom stereocenters. The van der Waals surface area contributed by atoms with Gasteiger partial charge in [-0.15, -0.1) is 0 Å². The number of carbonyl (C=O) groups is 1. The van der Waals surface area contributed by atoms with E-state index in [1.165, 1.54) is 6.21 Å². The van der Waals surface area contributed by atoms with E-state index >= 15 is 0 Å². The van der Waals surface area contributed by atoms with Crippen molar-refractivity contribution in [2.75, 3.05) is 0 Å². The maximum absolute atomic E-state index is 12.1. The fraction of sp³-hybridized carbons (Fsp3) is 0.158. The number of nitrogens with zero attached hydrogens (tertiary/aromatic N) is 3. The summed E-state index contributed by atoms with van der Waals surface area (Å²) in [5.74, 6) is 0.419. The van der Waals surface area contributed by atoms with Crippen molar-refractivity contribution >= 4 is 23.2 Å². The van der Waals surface area contributed by atoms with Crippen molar-refractivity contribution in [3.63, 3.8) is 0 Å². The zero-order chi connectivity index (χ0) is 17.6. The maximum atomic E-state index is 12.1. The largest absolute Gasteiger partial charge is 0.491 e. The number of para-hydroxylation sites is 2. The monoisotopic (exact) mass is 334 g/mol. The first-order valence-electron chi connectivity index (χ1n) is 7.94. The van der Waals surface area contributed by atoms with Crippen LogP contribution < -0.4 is 10.2 Å². The quantitative estimate of drug-likeness (QED) is 0.574. The van der Waals surface area contributed by atoms with Crippen LogP contribution in [0.25, 0.3) is 11.0 Å². The lowest BCUT2D eigenvalue weighted by Gasteiger charge is -2.09. The summed E-state index contributed by atoms with van der Waals surface area (Å²) in [4.78, 5) is 20.8. The number of hydrazone groups is 1. The molecule has 126 valence electrons. The molecule has 1 aromatic heterocycles. The van der Waals surface area contributed by atoms with E-state index in [1.807, 2.05) is 38.1 Å². The van der Waals surface area contributed by atoms with E-state index in [-0.39, 0.29) is 12.0 Å². The predicted molar refractivity (Wildman–Crippen MR) is 96.8 cm³/mol. The molecule has 1 heterocycles. The fourth-order valence-electron chi connectivity index (χ4n) is 2.21. The number of rotatable bonds is 5. The van der Waals surface area contributed by atoms with E-state index < -0.39 is 0 Å². The normalized spacial score (nSPS) is 11.2. The first kappa shape index (κ1) is 16.6. The molecule has 0 saturated heterocycles.